The zero-order valence-corrected chi connectivity index (χ0v) is 11.0. The molecule has 21 heavy (non-hydrogen) atoms. The van der Waals surface area contributed by atoms with Crippen molar-refractivity contribution in [3.63, 3.8) is 0 Å². The number of halogens is 2. The Balaban J connectivity index is 2.17. The fourth-order valence-electron chi connectivity index (χ4n) is 1.67. The van der Waals surface area contributed by atoms with E-state index in [0.717, 1.165) is 12.1 Å². The topological polar surface area (TPSA) is 55.1 Å². The highest BCUT2D eigenvalue weighted by molar-refractivity contribution is 6.04. The van der Waals surface area contributed by atoms with Crippen molar-refractivity contribution in [3.05, 3.63) is 65.2 Å². The van der Waals surface area contributed by atoms with Crippen molar-refractivity contribution in [3.8, 4) is 11.8 Å². The first kappa shape index (κ1) is 14.7. The van der Waals surface area contributed by atoms with Gasteiger partial charge in [-0.05, 0) is 36.4 Å². The molecule has 1 amide bonds. The minimum absolute atomic E-state index is 0.0346. The Morgan fingerprint density at radius 3 is 2.67 bits per heavy atom. The molecule has 0 atom stereocenters. The lowest BCUT2D eigenvalue weighted by Gasteiger charge is -2.06. The Bertz CT molecular complexity index is 733. The van der Waals surface area contributed by atoms with E-state index in [2.05, 4.69) is 17.2 Å². The summed E-state index contributed by atoms with van der Waals surface area (Å²) in [5, 5.41) is 2.59. The van der Waals surface area contributed by atoms with E-state index < -0.39 is 17.5 Å². The molecule has 2 aromatic rings. The van der Waals surface area contributed by atoms with E-state index >= 15 is 0 Å². The van der Waals surface area contributed by atoms with E-state index in [4.69, 9.17) is 5.73 Å². The standard InChI is InChI=1S/C16H12F2N2O/c17-14-7-6-12(10-15(14)18)16(21)20-13-5-1-3-11(9-13)4-2-8-19/h1,3,5-7,9-10H,8,19H2,(H,20,21). The largest absolute Gasteiger partial charge is 0.322 e. The number of carbonyl (C=O) groups is 1. The Kier molecular flexibility index (Phi) is 4.64. The van der Waals surface area contributed by atoms with E-state index in [0.29, 0.717) is 11.3 Å². The number of nitrogens with two attached hydrogens (primary N) is 1. The summed E-state index contributed by atoms with van der Waals surface area (Å²) in [6.07, 6.45) is 0. The molecule has 0 fully saturated rings. The van der Waals surface area contributed by atoms with Gasteiger partial charge in [-0.15, -0.1) is 0 Å². The maximum atomic E-state index is 13.1. The summed E-state index contributed by atoms with van der Waals surface area (Å²) in [6, 6.07) is 9.81. The van der Waals surface area contributed by atoms with Crippen LogP contribution in [0.2, 0.25) is 0 Å². The number of hydrogen-bond donors (Lipinski definition) is 2. The van der Waals surface area contributed by atoms with E-state index in [9.17, 15) is 13.6 Å². The molecule has 2 aromatic carbocycles. The Labute approximate surface area is 120 Å². The number of hydrogen-bond acceptors (Lipinski definition) is 2. The van der Waals surface area contributed by atoms with Crippen LogP contribution in [0.1, 0.15) is 15.9 Å². The number of amides is 1. The molecule has 0 saturated heterocycles. The monoisotopic (exact) mass is 286 g/mol. The number of anilines is 1. The fraction of sp³-hybridized carbons (Fsp3) is 0.0625. The van der Waals surface area contributed by atoms with Gasteiger partial charge in [0.05, 0.1) is 6.54 Å². The van der Waals surface area contributed by atoms with Crippen molar-refractivity contribution in [2.75, 3.05) is 11.9 Å². The third-order valence-corrected chi connectivity index (χ3v) is 2.64. The summed E-state index contributed by atoms with van der Waals surface area (Å²) in [6.45, 7) is 0.242. The van der Waals surface area contributed by atoms with Crippen molar-refractivity contribution in [1.82, 2.24) is 0 Å². The fourth-order valence-corrected chi connectivity index (χ4v) is 1.67. The normalized spacial score (nSPS) is 9.67. The lowest BCUT2D eigenvalue weighted by molar-refractivity contribution is 0.102. The van der Waals surface area contributed by atoms with Crippen molar-refractivity contribution in [1.29, 1.82) is 0 Å². The molecule has 0 aliphatic carbocycles. The lowest BCUT2D eigenvalue weighted by Crippen LogP contribution is -2.12. The Morgan fingerprint density at radius 1 is 1.14 bits per heavy atom. The van der Waals surface area contributed by atoms with Gasteiger partial charge < -0.3 is 11.1 Å². The first-order valence-electron chi connectivity index (χ1n) is 6.15. The lowest BCUT2D eigenvalue weighted by atomic mass is 10.1. The predicted octanol–water partition coefficient (Wildman–Crippen LogP) is 2.53. The summed E-state index contributed by atoms with van der Waals surface area (Å²) in [7, 11) is 0. The molecule has 0 bridgehead atoms. The minimum atomic E-state index is -1.06. The van der Waals surface area contributed by atoms with Gasteiger partial charge in [-0.2, -0.15) is 0 Å². The summed E-state index contributed by atoms with van der Waals surface area (Å²) >= 11 is 0. The highest BCUT2D eigenvalue weighted by Crippen LogP contribution is 2.13. The summed E-state index contributed by atoms with van der Waals surface area (Å²) in [5.41, 5.74) is 6.53. The van der Waals surface area contributed by atoms with Gasteiger partial charge in [0.25, 0.3) is 5.91 Å². The van der Waals surface area contributed by atoms with Crippen LogP contribution in [-0.2, 0) is 0 Å². The third-order valence-electron chi connectivity index (χ3n) is 2.64. The first-order chi connectivity index (χ1) is 10.1. The van der Waals surface area contributed by atoms with Crippen molar-refractivity contribution in [2.24, 2.45) is 5.73 Å². The van der Waals surface area contributed by atoms with Crippen molar-refractivity contribution < 1.29 is 13.6 Å². The van der Waals surface area contributed by atoms with Crippen LogP contribution in [0.5, 0.6) is 0 Å². The molecule has 0 aliphatic rings. The Morgan fingerprint density at radius 2 is 1.95 bits per heavy atom. The Hall–Kier alpha value is -2.71. The number of carbonyl (C=O) groups excluding carboxylic acids is 1. The van der Waals surface area contributed by atoms with Gasteiger partial charge in [-0.1, -0.05) is 17.9 Å². The molecule has 0 spiro atoms. The maximum absolute atomic E-state index is 13.1. The van der Waals surface area contributed by atoms with Crippen LogP contribution in [0.3, 0.4) is 0 Å². The van der Waals surface area contributed by atoms with Crippen LogP contribution in [0.4, 0.5) is 14.5 Å². The molecule has 0 aromatic heterocycles. The van der Waals surface area contributed by atoms with Gasteiger partial charge in [0.15, 0.2) is 11.6 Å². The smallest absolute Gasteiger partial charge is 0.255 e. The quantitative estimate of drug-likeness (QED) is 0.834. The zero-order chi connectivity index (χ0) is 15.2. The van der Waals surface area contributed by atoms with Gasteiger partial charge in [0, 0.05) is 16.8 Å². The van der Waals surface area contributed by atoms with Gasteiger partial charge in [-0.25, -0.2) is 8.78 Å². The van der Waals surface area contributed by atoms with E-state index in [1.807, 2.05) is 0 Å². The van der Waals surface area contributed by atoms with Gasteiger partial charge in [0.1, 0.15) is 0 Å². The second-order valence-electron chi connectivity index (χ2n) is 4.17. The molecule has 5 heteroatoms. The summed E-state index contributed by atoms with van der Waals surface area (Å²) < 4.78 is 25.9. The average molecular weight is 286 g/mol. The number of benzene rings is 2. The summed E-state index contributed by atoms with van der Waals surface area (Å²) in [5.74, 6) is 2.95. The third kappa shape index (κ3) is 3.88. The SMILES string of the molecule is NCC#Cc1cccc(NC(=O)c2ccc(F)c(F)c2)c1. The van der Waals surface area contributed by atoms with Crippen molar-refractivity contribution in [2.45, 2.75) is 0 Å². The molecular weight excluding hydrogens is 274 g/mol. The molecule has 0 aliphatic heterocycles. The van der Waals surface area contributed by atoms with E-state index in [1.165, 1.54) is 6.07 Å². The van der Waals surface area contributed by atoms with Crippen molar-refractivity contribution >= 4 is 11.6 Å². The molecular formula is C16H12F2N2O. The average Bonchev–Trinajstić information content (AvgIpc) is 2.48. The van der Waals surface area contributed by atoms with Gasteiger partial charge in [-0.3, -0.25) is 4.79 Å². The highest BCUT2D eigenvalue weighted by atomic mass is 19.2. The summed E-state index contributed by atoms with van der Waals surface area (Å²) in [4.78, 5) is 11.9. The molecule has 3 N–H and O–H groups in total. The second-order valence-corrected chi connectivity index (χ2v) is 4.17. The molecule has 106 valence electrons. The van der Waals surface area contributed by atoms with E-state index in [1.54, 1.807) is 24.3 Å². The molecule has 0 heterocycles. The van der Waals surface area contributed by atoms with Crippen LogP contribution < -0.4 is 11.1 Å². The second kappa shape index (κ2) is 6.64. The molecule has 3 nitrogen and oxygen atoms in total. The van der Waals surface area contributed by atoms with Gasteiger partial charge >= 0.3 is 0 Å². The number of rotatable bonds is 2. The van der Waals surface area contributed by atoms with Gasteiger partial charge in [0.2, 0.25) is 0 Å². The van der Waals surface area contributed by atoms with Crippen LogP contribution in [0, 0.1) is 23.5 Å². The molecule has 0 saturated carbocycles. The van der Waals surface area contributed by atoms with Crippen LogP contribution >= 0.6 is 0 Å². The van der Waals surface area contributed by atoms with Crippen LogP contribution in [0.25, 0.3) is 0 Å². The van der Waals surface area contributed by atoms with Crippen LogP contribution in [0.15, 0.2) is 42.5 Å². The molecule has 0 radical (unpaired) electrons. The molecule has 2 rings (SSSR count). The molecule has 0 unspecified atom stereocenters. The minimum Gasteiger partial charge on any atom is -0.322 e. The zero-order valence-electron chi connectivity index (χ0n) is 11.0. The highest BCUT2D eigenvalue weighted by Gasteiger charge is 2.10. The van der Waals surface area contributed by atoms with Crippen LogP contribution in [-0.4, -0.2) is 12.5 Å². The first-order valence-corrected chi connectivity index (χ1v) is 6.15. The maximum Gasteiger partial charge on any atom is 0.255 e. The number of nitrogens with one attached hydrogen (secondary N) is 1. The van der Waals surface area contributed by atoms with E-state index in [-0.39, 0.29) is 12.1 Å². The predicted molar refractivity (Wildman–Crippen MR) is 76.7 cm³/mol.